The van der Waals surface area contributed by atoms with Crippen molar-refractivity contribution in [1.82, 2.24) is 4.57 Å². The Morgan fingerprint density at radius 1 is 0.582 bits per heavy atom. The molecule has 4 aromatic carbocycles. The van der Waals surface area contributed by atoms with Crippen molar-refractivity contribution in [2.45, 2.75) is 72.0 Å². The molecule has 0 atom stereocenters. The van der Waals surface area contributed by atoms with Crippen LogP contribution in [-0.4, -0.2) is 70.6 Å². The minimum Gasteiger partial charge on any atom is -0.381 e. The van der Waals surface area contributed by atoms with Gasteiger partial charge in [-0.2, -0.15) is 0 Å². The zero-order valence-electron chi connectivity index (χ0n) is 32.7. The van der Waals surface area contributed by atoms with E-state index in [-0.39, 0.29) is 10.8 Å². The standard InChI is InChI=1S/C47H57NO6S/c1-3-47(33-54-34-47)32-52-22-12-6-10-19-49-27-35-15-17-42-38(23-35)39-26-45-41(25-43(39)48(42)37-13-7-4-8-14-37)40-24-36(16-18-44(40)55-45)28-50-20-9-5-11-21-51-29-46(2)30-53-31-46/h4,7-8,13-18,23-26H,3,5-6,9-12,19-22,27-34H2,1-2H3. The number of hydrogen-bond donors (Lipinski definition) is 0. The summed E-state index contributed by atoms with van der Waals surface area (Å²) in [5.74, 6) is 0. The van der Waals surface area contributed by atoms with Gasteiger partial charge in [-0.15, -0.1) is 11.3 Å². The molecule has 2 aromatic heterocycles. The van der Waals surface area contributed by atoms with Crippen LogP contribution in [0.2, 0.25) is 0 Å². The van der Waals surface area contributed by atoms with Crippen LogP contribution in [0.1, 0.15) is 69.9 Å². The Morgan fingerprint density at radius 3 is 1.82 bits per heavy atom. The summed E-state index contributed by atoms with van der Waals surface area (Å²) in [5.41, 5.74) is 6.53. The highest BCUT2D eigenvalue weighted by molar-refractivity contribution is 7.25. The molecule has 0 N–H and O–H groups in total. The van der Waals surface area contributed by atoms with E-state index < -0.39 is 0 Å². The van der Waals surface area contributed by atoms with E-state index in [0.717, 1.165) is 111 Å². The lowest BCUT2D eigenvalue weighted by atomic mass is 9.84. The summed E-state index contributed by atoms with van der Waals surface area (Å²) in [6, 6.07) is 29.2. The van der Waals surface area contributed by atoms with Crippen LogP contribution in [0, 0.1) is 10.8 Å². The number of hydrogen-bond acceptors (Lipinski definition) is 7. The maximum atomic E-state index is 6.19. The van der Waals surface area contributed by atoms with Gasteiger partial charge < -0.3 is 33.0 Å². The Bertz CT molecular complexity index is 2160. The predicted molar refractivity (Wildman–Crippen MR) is 225 cm³/mol. The molecule has 0 unspecified atom stereocenters. The van der Waals surface area contributed by atoms with Crippen LogP contribution in [0.5, 0.6) is 0 Å². The van der Waals surface area contributed by atoms with Crippen molar-refractivity contribution in [3.8, 4) is 5.69 Å². The van der Waals surface area contributed by atoms with Gasteiger partial charge in [-0.3, -0.25) is 0 Å². The van der Waals surface area contributed by atoms with Crippen molar-refractivity contribution in [1.29, 1.82) is 0 Å². The summed E-state index contributed by atoms with van der Waals surface area (Å²) in [7, 11) is 0. The van der Waals surface area contributed by atoms with Gasteiger partial charge in [0.2, 0.25) is 0 Å². The molecule has 55 heavy (non-hydrogen) atoms. The van der Waals surface area contributed by atoms with Gasteiger partial charge in [-0.05, 0) is 105 Å². The van der Waals surface area contributed by atoms with Crippen molar-refractivity contribution in [3.63, 3.8) is 0 Å². The molecule has 2 aliphatic rings. The van der Waals surface area contributed by atoms with Gasteiger partial charge in [0.05, 0.1) is 63.9 Å². The summed E-state index contributed by atoms with van der Waals surface area (Å²) >= 11 is 1.88. The van der Waals surface area contributed by atoms with Crippen LogP contribution >= 0.6 is 11.3 Å². The van der Waals surface area contributed by atoms with E-state index in [0.29, 0.717) is 13.2 Å². The largest absolute Gasteiger partial charge is 0.381 e. The number of nitrogens with zero attached hydrogens (tertiary/aromatic N) is 1. The Hall–Kier alpha value is -3.34. The van der Waals surface area contributed by atoms with Gasteiger partial charge in [0, 0.05) is 73.9 Å². The number of unbranched alkanes of at least 4 members (excludes halogenated alkanes) is 4. The van der Waals surface area contributed by atoms with Gasteiger partial charge in [0.1, 0.15) is 0 Å². The van der Waals surface area contributed by atoms with E-state index in [9.17, 15) is 0 Å². The molecule has 8 rings (SSSR count). The minimum atomic E-state index is 0.227. The van der Waals surface area contributed by atoms with Gasteiger partial charge in [0.15, 0.2) is 0 Å². The lowest BCUT2D eigenvalue weighted by Crippen LogP contribution is -2.45. The van der Waals surface area contributed by atoms with Crippen molar-refractivity contribution in [2.24, 2.45) is 10.8 Å². The molecular weight excluding hydrogens is 707 g/mol. The fourth-order valence-electron chi connectivity index (χ4n) is 7.89. The summed E-state index contributed by atoms with van der Waals surface area (Å²) in [6.45, 7) is 13.8. The molecule has 2 saturated heterocycles. The topological polar surface area (TPSA) is 60.3 Å². The monoisotopic (exact) mass is 763 g/mol. The maximum Gasteiger partial charge on any atom is 0.0717 e. The Labute approximate surface area is 329 Å². The lowest BCUT2D eigenvalue weighted by molar-refractivity contribution is -0.150. The van der Waals surface area contributed by atoms with E-state index in [4.69, 9.17) is 28.4 Å². The molecule has 4 heterocycles. The van der Waals surface area contributed by atoms with Crippen molar-refractivity contribution in [3.05, 3.63) is 90.0 Å². The third-order valence-electron chi connectivity index (χ3n) is 11.5. The first-order chi connectivity index (χ1) is 27.0. The van der Waals surface area contributed by atoms with Gasteiger partial charge in [0.25, 0.3) is 0 Å². The van der Waals surface area contributed by atoms with Gasteiger partial charge in [-0.1, -0.05) is 44.2 Å². The number of benzene rings is 4. The number of para-hydroxylation sites is 1. The summed E-state index contributed by atoms with van der Waals surface area (Å²) in [6.07, 6.45) is 7.61. The molecule has 0 bridgehead atoms. The van der Waals surface area contributed by atoms with E-state index in [2.05, 4.69) is 97.3 Å². The summed E-state index contributed by atoms with van der Waals surface area (Å²) in [5, 5.41) is 5.14. The summed E-state index contributed by atoms with van der Waals surface area (Å²) in [4.78, 5) is 0. The first-order valence-electron chi connectivity index (χ1n) is 20.5. The van der Waals surface area contributed by atoms with Crippen molar-refractivity contribution >= 4 is 53.3 Å². The lowest BCUT2D eigenvalue weighted by Gasteiger charge is -2.40. The zero-order chi connectivity index (χ0) is 37.5. The van der Waals surface area contributed by atoms with Crippen LogP contribution in [0.3, 0.4) is 0 Å². The van der Waals surface area contributed by atoms with Crippen LogP contribution in [0.25, 0.3) is 47.7 Å². The SMILES string of the molecule is CCC1(COCCCCCOCc2ccc3c(c2)c2cc4sc5ccc(COCCCCCOCC6(C)COC6)cc5c4cc2n3-c2ccccc2)COC1. The molecular formula is C47H57NO6S. The second-order valence-electron chi connectivity index (χ2n) is 16.3. The number of rotatable bonds is 22. The van der Waals surface area contributed by atoms with E-state index in [1.807, 2.05) is 11.3 Å². The Balaban J connectivity index is 0.903. The van der Waals surface area contributed by atoms with E-state index in [1.54, 1.807) is 0 Å². The average Bonchev–Trinajstić information content (AvgIpc) is 3.70. The number of fused-ring (bicyclic) bond motifs is 6. The molecule has 0 amide bonds. The maximum absolute atomic E-state index is 6.19. The van der Waals surface area contributed by atoms with Crippen LogP contribution in [-0.2, 0) is 41.6 Å². The molecule has 8 heteroatoms. The molecule has 0 saturated carbocycles. The number of ether oxygens (including phenoxy) is 6. The molecule has 0 aliphatic carbocycles. The average molecular weight is 764 g/mol. The van der Waals surface area contributed by atoms with Crippen molar-refractivity contribution < 1.29 is 28.4 Å². The number of aromatic nitrogens is 1. The molecule has 0 spiro atoms. The van der Waals surface area contributed by atoms with E-state index in [1.165, 1.54) is 58.8 Å². The van der Waals surface area contributed by atoms with Gasteiger partial charge in [-0.25, -0.2) is 0 Å². The normalized spacial score (nSPS) is 16.3. The zero-order valence-corrected chi connectivity index (χ0v) is 33.6. The molecule has 7 nitrogen and oxygen atoms in total. The Morgan fingerprint density at radius 2 is 1.18 bits per heavy atom. The third-order valence-corrected chi connectivity index (χ3v) is 12.7. The summed E-state index contributed by atoms with van der Waals surface area (Å²) < 4.78 is 40.0. The first-order valence-corrected chi connectivity index (χ1v) is 21.3. The minimum absolute atomic E-state index is 0.227. The molecule has 6 aromatic rings. The third kappa shape index (κ3) is 8.97. The van der Waals surface area contributed by atoms with Crippen LogP contribution in [0.15, 0.2) is 78.9 Å². The highest BCUT2D eigenvalue weighted by Gasteiger charge is 2.37. The second-order valence-corrected chi connectivity index (χ2v) is 17.4. The first kappa shape index (κ1) is 38.5. The van der Waals surface area contributed by atoms with Crippen LogP contribution in [0.4, 0.5) is 0 Å². The Kier molecular flexibility index (Phi) is 12.5. The molecule has 2 fully saturated rings. The van der Waals surface area contributed by atoms with Gasteiger partial charge >= 0.3 is 0 Å². The molecule has 2 aliphatic heterocycles. The number of thiophene rings is 1. The fraction of sp³-hybridized carbons (Fsp3) is 0.489. The highest BCUT2D eigenvalue weighted by atomic mass is 32.1. The highest BCUT2D eigenvalue weighted by Crippen LogP contribution is 2.41. The second kappa shape index (κ2) is 17.9. The molecule has 292 valence electrons. The molecule has 0 radical (unpaired) electrons. The predicted octanol–water partition coefficient (Wildman–Crippen LogP) is 11.0. The fourth-order valence-corrected chi connectivity index (χ4v) is 9.00. The van der Waals surface area contributed by atoms with Crippen molar-refractivity contribution in [2.75, 3.05) is 66.1 Å². The van der Waals surface area contributed by atoms with Crippen LogP contribution < -0.4 is 0 Å². The quantitative estimate of drug-likeness (QED) is 0.0642. The smallest absolute Gasteiger partial charge is 0.0717 e. The van der Waals surface area contributed by atoms with E-state index >= 15 is 0 Å².